The normalized spacial score (nSPS) is 50.5. The number of ketones is 2. The van der Waals surface area contributed by atoms with Crippen LogP contribution in [-0.4, -0.2) is 45.2 Å². The van der Waals surface area contributed by atoms with Gasteiger partial charge in [0.2, 0.25) is 0 Å². The summed E-state index contributed by atoms with van der Waals surface area (Å²) in [4.78, 5) is 24.3. The molecular formula is C21H30O5. The summed E-state index contributed by atoms with van der Waals surface area (Å²) >= 11 is 0. The van der Waals surface area contributed by atoms with E-state index in [-0.39, 0.29) is 29.0 Å². The zero-order chi connectivity index (χ0) is 18.9. The summed E-state index contributed by atoms with van der Waals surface area (Å²) in [6, 6.07) is 0. The molecule has 3 fully saturated rings. The Hall–Kier alpha value is -1.04. The molecule has 0 bridgehead atoms. The molecule has 3 saturated carbocycles. The summed E-state index contributed by atoms with van der Waals surface area (Å²) in [6.07, 6.45) is 5.74. The van der Waals surface area contributed by atoms with Crippen molar-refractivity contribution in [1.29, 1.82) is 0 Å². The Morgan fingerprint density at radius 1 is 1.23 bits per heavy atom. The molecule has 0 saturated heterocycles. The van der Waals surface area contributed by atoms with Gasteiger partial charge in [0.25, 0.3) is 0 Å². The molecule has 0 heterocycles. The van der Waals surface area contributed by atoms with Gasteiger partial charge in [0.05, 0.1) is 6.10 Å². The third-order valence-electron chi connectivity index (χ3n) is 8.65. The minimum Gasteiger partial charge on any atom is -0.393 e. The maximum Gasteiger partial charge on any atom is 0.190 e. The molecule has 0 radical (unpaired) electrons. The van der Waals surface area contributed by atoms with Gasteiger partial charge in [-0.05, 0) is 67.8 Å². The van der Waals surface area contributed by atoms with Crippen molar-refractivity contribution in [2.45, 2.75) is 70.5 Å². The first kappa shape index (κ1) is 18.3. The Bertz CT molecular complexity index is 684. The standard InChI is InChI=1S/C21H30O5/c1-19-7-5-13(23)9-12(19)3-4-14-15-6-8-21(26,17(25)11-22)20(15,2)10-16(24)18(14)19/h9,14-16,18,22,24,26H,3-8,10-11H2,1-2H3/t14-,15-,16+,18+,19-,20+,21-/m0/s1. The second-order valence-corrected chi connectivity index (χ2v) is 9.56. The fourth-order valence-corrected chi connectivity index (χ4v) is 7.28. The summed E-state index contributed by atoms with van der Waals surface area (Å²) in [7, 11) is 0. The number of fused-ring (bicyclic) bond motifs is 5. The predicted molar refractivity (Wildman–Crippen MR) is 95.1 cm³/mol. The molecular weight excluding hydrogens is 332 g/mol. The first-order valence-electron chi connectivity index (χ1n) is 9.96. The van der Waals surface area contributed by atoms with Crippen LogP contribution in [-0.2, 0) is 9.59 Å². The maximum atomic E-state index is 12.4. The van der Waals surface area contributed by atoms with Gasteiger partial charge in [0.15, 0.2) is 11.6 Å². The Morgan fingerprint density at radius 3 is 2.65 bits per heavy atom. The van der Waals surface area contributed by atoms with Gasteiger partial charge in [-0.3, -0.25) is 9.59 Å². The molecule has 0 aromatic carbocycles. The van der Waals surface area contributed by atoms with E-state index in [0.29, 0.717) is 19.3 Å². The molecule has 0 aromatic heterocycles. The van der Waals surface area contributed by atoms with E-state index >= 15 is 0 Å². The van der Waals surface area contributed by atoms with E-state index in [0.717, 1.165) is 25.7 Å². The summed E-state index contributed by atoms with van der Waals surface area (Å²) in [6.45, 7) is 3.46. The van der Waals surface area contributed by atoms with E-state index in [4.69, 9.17) is 0 Å². The molecule has 7 atom stereocenters. The SMILES string of the molecule is C[C@]12CCC(=O)C=C1CC[C@@H]1[C@@H]2[C@H](O)C[C@]2(C)[C@H]1CC[C@]2(O)C(=O)CO. The average Bonchev–Trinajstić information content (AvgIpc) is 2.86. The van der Waals surface area contributed by atoms with Crippen molar-refractivity contribution in [3.05, 3.63) is 11.6 Å². The lowest BCUT2D eigenvalue weighted by molar-refractivity contribution is -0.182. The molecule has 4 rings (SSSR count). The minimum absolute atomic E-state index is 0.0697. The summed E-state index contributed by atoms with van der Waals surface area (Å²) in [5, 5.41) is 31.7. The van der Waals surface area contributed by atoms with E-state index in [1.807, 2.05) is 6.92 Å². The zero-order valence-corrected chi connectivity index (χ0v) is 15.7. The highest BCUT2D eigenvalue weighted by atomic mass is 16.3. The number of aliphatic hydroxyl groups excluding tert-OH is 2. The molecule has 26 heavy (non-hydrogen) atoms. The molecule has 0 aliphatic heterocycles. The van der Waals surface area contributed by atoms with Crippen LogP contribution in [0.2, 0.25) is 0 Å². The third kappa shape index (κ3) is 2.14. The van der Waals surface area contributed by atoms with Crippen molar-refractivity contribution < 1.29 is 24.9 Å². The van der Waals surface area contributed by atoms with Crippen LogP contribution in [0.15, 0.2) is 11.6 Å². The van der Waals surface area contributed by atoms with Crippen LogP contribution in [0.1, 0.15) is 58.8 Å². The maximum absolute atomic E-state index is 12.4. The fourth-order valence-electron chi connectivity index (χ4n) is 7.28. The van der Waals surface area contributed by atoms with Crippen LogP contribution >= 0.6 is 0 Å². The van der Waals surface area contributed by atoms with Gasteiger partial charge in [0, 0.05) is 11.8 Å². The van der Waals surface area contributed by atoms with Gasteiger partial charge < -0.3 is 15.3 Å². The van der Waals surface area contributed by atoms with Gasteiger partial charge in [-0.25, -0.2) is 0 Å². The highest BCUT2D eigenvalue weighted by molar-refractivity contribution is 5.91. The molecule has 0 amide bonds. The quantitative estimate of drug-likeness (QED) is 0.696. The second-order valence-electron chi connectivity index (χ2n) is 9.56. The lowest BCUT2D eigenvalue weighted by Crippen LogP contribution is -2.62. The van der Waals surface area contributed by atoms with Crippen molar-refractivity contribution in [1.82, 2.24) is 0 Å². The highest BCUT2D eigenvalue weighted by Crippen LogP contribution is 2.67. The van der Waals surface area contributed by atoms with Crippen LogP contribution in [0.4, 0.5) is 0 Å². The van der Waals surface area contributed by atoms with Crippen molar-refractivity contribution >= 4 is 11.6 Å². The molecule has 4 aliphatic rings. The number of allylic oxidation sites excluding steroid dienone is 1. The second kappa shape index (κ2) is 5.73. The molecule has 0 spiro atoms. The molecule has 5 heteroatoms. The third-order valence-corrected chi connectivity index (χ3v) is 8.65. The van der Waals surface area contributed by atoms with Crippen molar-refractivity contribution in [3.63, 3.8) is 0 Å². The molecule has 0 unspecified atom stereocenters. The number of carbonyl (C=O) groups excluding carboxylic acids is 2. The van der Waals surface area contributed by atoms with Crippen LogP contribution in [0.25, 0.3) is 0 Å². The van der Waals surface area contributed by atoms with Crippen molar-refractivity contribution in [3.8, 4) is 0 Å². The monoisotopic (exact) mass is 362 g/mol. The van der Waals surface area contributed by atoms with Crippen LogP contribution in [0, 0.1) is 28.6 Å². The lowest BCUT2D eigenvalue weighted by atomic mass is 9.45. The van der Waals surface area contributed by atoms with Gasteiger partial charge in [-0.15, -0.1) is 0 Å². The predicted octanol–water partition coefficient (Wildman–Crippen LogP) is 1.78. The smallest absolute Gasteiger partial charge is 0.190 e. The van der Waals surface area contributed by atoms with Gasteiger partial charge >= 0.3 is 0 Å². The van der Waals surface area contributed by atoms with E-state index in [9.17, 15) is 24.9 Å². The van der Waals surface area contributed by atoms with E-state index in [1.165, 1.54) is 5.57 Å². The molecule has 4 aliphatic carbocycles. The number of aliphatic hydroxyl groups is 3. The van der Waals surface area contributed by atoms with E-state index in [1.54, 1.807) is 6.08 Å². The minimum atomic E-state index is -1.54. The molecule has 0 aromatic rings. The highest BCUT2D eigenvalue weighted by Gasteiger charge is 2.68. The van der Waals surface area contributed by atoms with Crippen LogP contribution in [0.5, 0.6) is 0 Å². The van der Waals surface area contributed by atoms with Crippen molar-refractivity contribution in [2.75, 3.05) is 6.61 Å². The summed E-state index contributed by atoms with van der Waals surface area (Å²) < 4.78 is 0. The molecule has 5 nitrogen and oxygen atoms in total. The fraction of sp³-hybridized carbons (Fsp3) is 0.810. The number of rotatable bonds is 2. The Morgan fingerprint density at radius 2 is 1.96 bits per heavy atom. The number of carbonyl (C=O) groups is 2. The Labute approximate surface area is 154 Å². The summed E-state index contributed by atoms with van der Waals surface area (Å²) in [5.41, 5.74) is -1.23. The number of hydrogen-bond acceptors (Lipinski definition) is 5. The van der Waals surface area contributed by atoms with Crippen LogP contribution < -0.4 is 0 Å². The van der Waals surface area contributed by atoms with Gasteiger partial charge in [0.1, 0.15) is 12.2 Å². The van der Waals surface area contributed by atoms with Crippen molar-refractivity contribution in [2.24, 2.45) is 28.6 Å². The number of hydrogen-bond donors (Lipinski definition) is 3. The summed E-state index contributed by atoms with van der Waals surface area (Å²) in [5.74, 6) is 0.140. The Kier molecular flexibility index (Phi) is 4.04. The largest absolute Gasteiger partial charge is 0.393 e. The Balaban J connectivity index is 1.74. The molecule has 144 valence electrons. The van der Waals surface area contributed by atoms with Gasteiger partial charge in [-0.1, -0.05) is 19.4 Å². The first-order chi connectivity index (χ1) is 12.2. The van der Waals surface area contributed by atoms with Crippen LogP contribution in [0.3, 0.4) is 0 Å². The van der Waals surface area contributed by atoms with E-state index in [2.05, 4.69) is 6.92 Å². The lowest BCUT2D eigenvalue weighted by Gasteiger charge is -2.60. The van der Waals surface area contributed by atoms with Gasteiger partial charge in [-0.2, -0.15) is 0 Å². The average molecular weight is 362 g/mol. The zero-order valence-electron chi connectivity index (χ0n) is 15.7. The topological polar surface area (TPSA) is 94.8 Å². The van der Waals surface area contributed by atoms with E-state index < -0.39 is 29.5 Å². The first-order valence-corrected chi connectivity index (χ1v) is 9.96. The number of Topliss-reactive ketones (excluding diaryl/α,β-unsaturated/α-hetero) is 1. The molecule has 3 N–H and O–H groups in total.